The summed E-state index contributed by atoms with van der Waals surface area (Å²) in [5.74, 6) is -0.539. The Balaban J connectivity index is 2.39. The van der Waals surface area contributed by atoms with Crippen LogP contribution in [0.25, 0.3) is 0 Å². The summed E-state index contributed by atoms with van der Waals surface area (Å²) in [5.41, 5.74) is -1.31. The fraction of sp³-hybridized carbons (Fsp3) is 0.765. The van der Waals surface area contributed by atoms with Crippen LogP contribution in [0.4, 0.5) is 0 Å². The van der Waals surface area contributed by atoms with Gasteiger partial charge in [0.05, 0.1) is 12.1 Å². The maximum Gasteiger partial charge on any atom is 0.237 e. The average molecular weight is 344 g/mol. The van der Waals surface area contributed by atoms with Gasteiger partial charge in [-0.15, -0.1) is 0 Å². The van der Waals surface area contributed by atoms with E-state index in [1.807, 2.05) is 0 Å². The molecule has 8 heteroatoms. The molecule has 0 aromatic carbocycles. The van der Waals surface area contributed by atoms with Gasteiger partial charge in [0, 0.05) is 11.8 Å². The lowest BCUT2D eigenvalue weighted by Crippen LogP contribution is -2.49. The monoisotopic (exact) mass is 344 g/mol. The molecule has 2 aliphatic carbocycles. The molecule has 0 N–H and O–H groups in total. The second-order valence-corrected chi connectivity index (χ2v) is 6.59. The maximum absolute atomic E-state index is 11.2. The number of carbonyl (C=O) groups excluding carboxylic acids is 4. The molecular weight excluding hydrogens is 324 g/mol. The Morgan fingerprint density at radius 3 is 1.84 bits per heavy atom. The lowest BCUT2D eigenvalue weighted by Gasteiger charge is -2.44. The Labute approximate surface area is 145 Å². The summed E-state index contributed by atoms with van der Waals surface area (Å²) in [6, 6.07) is -0.492. The number of rotatable bonds is 6. The molecule has 0 bridgehead atoms. The SMILES string of the molecule is O=C=NC1CCC(C(N=C=O)(N=C=O)C2CCCCC2N=C=O)CC1. The van der Waals surface area contributed by atoms with Crippen LogP contribution in [0.5, 0.6) is 0 Å². The number of hydrogen-bond acceptors (Lipinski definition) is 8. The molecule has 2 fully saturated rings. The van der Waals surface area contributed by atoms with Gasteiger partial charge in [-0.2, -0.15) is 9.98 Å². The largest absolute Gasteiger partial charge is 0.237 e. The highest BCUT2D eigenvalue weighted by atomic mass is 16.1. The van der Waals surface area contributed by atoms with Gasteiger partial charge in [-0.05, 0) is 38.5 Å². The van der Waals surface area contributed by atoms with Crippen LogP contribution >= 0.6 is 0 Å². The summed E-state index contributed by atoms with van der Waals surface area (Å²) in [6.45, 7) is 0. The Morgan fingerprint density at radius 1 is 0.680 bits per heavy atom. The zero-order valence-electron chi connectivity index (χ0n) is 13.9. The summed E-state index contributed by atoms with van der Waals surface area (Å²) in [4.78, 5) is 59.1. The van der Waals surface area contributed by atoms with Crippen molar-refractivity contribution in [1.82, 2.24) is 0 Å². The molecule has 2 unspecified atom stereocenters. The third-order valence-electron chi connectivity index (χ3n) is 5.48. The van der Waals surface area contributed by atoms with E-state index in [4.69, 9.17) is 0 Å². The Morgan fingerprint density at radius 2 is 1.28 bits per heavy atom. The lowest BCUT2D eigenvalue weighted by molar-refractivity contribution is 0.0973. The number of aliphatic imine (C=N–C) groups is 4. The smallest absolute Gasteiger partial charge is 0.211 e. The third kappa shape index (κ3) is 4.14. The molecule has 2 rings (SSSR count). The fourth-order valence-electron chi connectivity index (χ4n) is 4.36. The van der Waals surface area contributed by atoms with Crippen LogP contribution in [0, 0.1) is 11.8 Å². The molecule has 0 amide bonds. The van der Waals surface area contributed by atoms with Crippen molar-refractivity contribution in [3.05, 3.63) is 0 Å². The molecule has 0 radical (unpaired) electrons. The first kappa shape index (κ1) is 18.9. The molecule has 25 heavy (non-hydrogen) atoms. The quantitative estimate of drug-likeness (QED) is 0.542. The second-order valence-electron chi connectivity index (χ2n) is 6.59. The van der Waals surface area contributed by atoms with E-state index in [-0.39, 0.29) is 23.9 Å². The second kappa shape index (κ2) is 9.12. The summed E-state index contributed by atoms with van der Waals surface area (Å²) < 4.78 is 0. The highest BCUT2D eigenvalue weighted by molar-refractivity contribution is 5.41. The van der Waals surface area contributed by atoms with Crippen LogP contribution in [0.15, 0.2) is 20.0 Å². The van der Waals surface area contributed by atoms with E-state index >= 15 is 0 Å². The predicted octanol–water partition coefficient (Wildman–Crippen LogP) is 2.14. The predicted molar refractivity (Wildman–Crippen MR) is 86.7 cm³/mol. The molecule has 2 aliphatic rings. The molecule has 0 spiro atoms. The highest BCUT2D eigenvalue weighted by Crippen LogP contribution is 2.47. The van der Waals surface area contributed by atoms with E-state index < -0.39 is 5.66 Å². The first-order valence-electron chi connectivity index (χ1n) is 8.53. The van der Waals surface area contributed by atoms with E-state index in [0.29, 0.717) is 38.5 Å². The molecule has 0 aliphatic heterocycles. The van der Waals surface area contributed by atoms with Crippen molar-refractivity contribution in [2.45, 2.75) is 69.1 Å². The van der Waals surface area contributed by atoms with Gasteiger partial charge in [0.15, 0.2) is 5.66 Å². The zero-order valence-corrected chi connectivity index (χ0v) is 13.9. The van der Waals surface area contributed by atoms with Crippen molar-refractivity contribution < 1.29 is 19.2 Å². The van der Waals surface area contributed by atoms with Crippen LogP contribution in [-0.4, -0.2) is 42.1 Å². The summed E-state index contributed by atoms with van der Waals surface area (Å²) in [6.07, 6.45) is 11.8. The van der Waals surface area contributed by atoms with E-state index in [1.165, 1.54) is 0 Å². The van der Waals surface area contributed by atoms with Gasteiger partial charge in [0.25, 0.3) is 0 Å². The summed E-state index contributed by atoms with van der Waals surface area (Å²) in [7, 11) is 0. The Bertz CT molecular complexity index is 642. The van der Waals surface area contributed by atoms with Crippen molar-refractivity contribution in [3.63, 3.8) is 0 Å². The first-order valence-corrected chi connectivity index (χ1v) is 8.53. The van der Waals surface area contributed by atoms with E-state index in [2.05, 4.69) is 20.0 Å². The van der Waals surface area contributed by atoms with Crippen LogP contribution < -0.4 is 0 Å². The Kier molecular flexibility index (Phi) is 6.88. The van der Waals surface area contributed by atoms with Crippen molar-refractivity contribution >= 4 is 24.3 Å². The van der Waals surface area contributed by atoms with Gasteiger partial charge in [0.1, 0.15) is 0 Å². The standard InChI is InChI=1S/C17H20N4O4/c22-9-18-14-7-5-13(6-8-14)17(20-11-24,21-12-25)15-3-1-2-4-16(15)19-10-23/h13-16H,1-8H2. The minimum atomic E-state index is -1.31. The van der Waals surface area contributed by atoms with Gasteiger partial charge < -0.3 is 0 Å². The Hall–Kier alpha value is -2.48. The maximum atomic E-state index is 11.2. The number of nitrogens with zero attached hydrogens (tertiary/aromatic N) is 4. The van der Waals surface area contributed by atoms with Crippen molar-refractivity contribution in [2.24, 2.45) is 31.8 Å². The molecule has 0 heterocycles. The van der Waals surface area contributed by atoms with Crippen LogP contribution in [0.1, 0.15) is 51.4 Å². The highest BCUT2D eigenvalue weighted by Gasteiger charge is 2.51. The van der Waals surface area contributed by atoms with Crippen molar-refractivity contribution in [1.29, 1.82) is 0 Å². The number of isocyanates is 4. The van der Waals surface area contributed by atoms with Crippen LogP contribution in [-0.2, 0) is 19.2 Å². The van der Waals surface area contributed by atoms with E-state index in [9.17, 15) is 19.2 Å². The molecule has 8 nitrogen and oxygen atoms in total. The van der Waals surface area contributed by atoms with Crippen LogP contribution in [0.2, 0.25) is 0 Å². The minimum Gasteiger partial charge on any atom is -0.211 e. The minimum absolute atomic E-state index is 0.109. The van der Waals surface area contributed by atoms with Gasteiger partial charge in [0.2, 0.25) is 24.3 Å². The normalized spacial score (nSPS) is 31.0. The number of hydrogen-bond donors (Lipinski definition) is 0. The van der Waals surface area contributed by atoms with Crippen LogP contribution in [0.3, 0.4) is 0 Å². The molecule has 2 saturated carbocycles. The summed E-state index contributed by atoms with van der Waals surface area (Å²) in [5, 5.41) is 0. The molecule has 2 atom stereocenters. The van der Waals surface area contributed by atoms with E-state index in [0.717, 1.165) is 12.8 Å². The van der Waals surface area contributed by atoms with Gasteiger partial charge >= 0.3 is 0 Å². The topological polar surface area (TPSA) is 118 Å². The summed E-state index contributed by atoms with van der Waals surface area (Å²) >= 11 is 0. The molecular formula is C17H20N4O4. The van der Waals surface area contributed by atoms with E-state index in [1.54, 1.807) is 24.3 Å². The molecule has 132 valence electrons. The molecule has 0 aromatic heterocycles. The lowest BCUT2D eigenvalue weighted by atomic mass is 9.67. The molecule has 0 saturated heterocycles. The van der Waals surface area contributed by atoms with Gasteiger partial charge in [-0.3, -0.25) is 0 Å². The fourth-order valence-corrected chi connectivity index (χ4v) is 4.36. The van der Waals surface area contributed by atoms with Crippen molar-refractivity contribution in [3.8, 4) is 0 Å². The zero-order chi connectivity index (χ0) is 18.1. The van der Waals surface area contributed by atoms with Gasteiger partial charge in [-0.1, -0.05) is 12.8 Å². The van der Waals surface area contributed by atoms with Crippen molar-refractivity contribution in [2.75, 3.05) is 0 Å². The third-order valence-corrected chi connectivity index (χ3v) is 5.48. The van der Waals surface area contributed by atoms with Gasteiger partial charge in [-0.25, -0.2) is 29.2 Å². The molecule has 0 aromatic rings. The first-order chi connectivity index (χ1) is 12.2. The average Bonchev–Trinajstić information content (AvgIpc) is 2.63.